The Hall–Kier alpha value is -1.98. The first-order chi connectivity index (χ1) is 8.97. The Morgan fingerprint density at radius 1 is 1.26 bits per heavy atom. The van der Waals surface area contributed by atoms with E-state index in [1.54, 1.807) is 12.1 Å². The predicted molar refractivity (Wildman–Crippen MR) is 72.1 cm³/mol. The van der Waals surface area contributed by atoms with Gasteiger partial charge in [-0.05, 0) is 24.3 Å². The van der Waals surface area contributed by atoms with E-state index in [-0.39, 0.29) is 23.0 Å². The SMILES string of the molecule is Nc1ccc(C(=O)O)nc1Oc1cc(Cl)ccc1Cl. The predicted octanol–water partition coefficient (Wildman–Crippen LogP) is 3.46. The van der Waals surface area contributed by atoms with Crippen molar-refractivity contribution in [2.75, 3.05) is 5.73 Å². The molecule has 0 unspecified atom stereocenters. The molecule has 0 amide bonds. The minimum atomic E-state index is -1.18. The van der Waals surface area contributed by atoms with E-state index in [0.717, 1.165) is 0 Å². The second-order valence-corrected chi connectivity index (χ2v) is 4.42. The third kappa shape index (κ3) is 3.07. The van der Waals surface area contributed by atoms with Gasteiger partial charge in [0.1, 0.15) is 5.75 Å². The average Bonchev–Trinajstić information content (AvgIpc) is 2.36. The number of carbonyl (C=O) groups is 1. The Balaban J connectivity index is 2.40. The molecule has 0 spiro atoms. The molecule has 0 saturated carbocycles. The van der Waals surface area contributed by atoms with Crippen molar-refractivity contribution in [1.82, 2.24) is 4.98 Å². The highest BCUT2D eigenvalue weighted by molar-refractivity contribution is 6.34. The summed E-state index contributed by atoms with van der Waals surface area (Å²) in [6, 6.07) is 7.31. The highest BCUT2D eigenvalue weighted by atomic mass is 35.5. The van der Waals surface area contributed by atoms with Crippen LogP contribution in [0.1, 0.15) is 10.5 Å². The van der Waals surface area contributed by atoms with Crippen LogP contribution in [0, 0.1) is 0 Å². The lowest BCUT2D eigenvalue weighted by Crippen LogP contribution is -2.03. The van der Waals surface area contributed by atoms with Crippen LogP contribution in [-0.4, -0.2) is 16.1 Å². The summed E-state index contributed by atoms with van der Waals surface area (Å²) in [5.74, 6) is -0.970. The van der Waals surface area contributed by atoms with Gasteiger partial charge in [-0.15, -0.1) is 0 Å². The van der Waals surface area contributed by atoms with E-state index in [0.29, 0.717) is 10.0 Å². The fourth-order valence-corrected chi connectivity index (χ4v) is 1.63. The maximum atomic E-state index is 10.8. The number of ether oxygens (including phenoxy) is 1. The molecule has 19 heavy (non-hydrogen) atoms. The third-order valence-electron chi connectivity index (χ3n) is 2.21. The molecule has 7 heteroatoms. The van der Waals surface area contributed by atoms with E-state index in [9.17, 15) is 4.79 Å². The van der Waals surface area contributed by atoms with Crippen LogP contribution in [0.5, 0.6) is 11.6 Å². The first-order valence-corrected chi connectivity index (χ1v) is 5.85. The van der Waals surface area contributed by atoms with Crippen molar-refractivity contribution in [3.63, 3.8) is 0 Å². The largest absolute Gasteiger partial charge is 0.477 e. The Bertz CT molecular complexity index is 647. The summed E-state index contributed by atoms with van der Waals surface area (Å²) in [4.78, 5) is 14.6. The zero-order valence-corrected chi connectivity index (χ0v) is 10.9. The number of aromatic nitrogens is 1. The van der Waals surface area contributed by atoms with E-state index >= 15 is 0 Å². The molecule has 98 valence electrons. The summed E-state index contributed by atoms with van der Waals surface area (Å²) in [5.41, 5.74) is 5.69. The van der Waals surface area contributed by atoms with E-state index in [1.165, 1.54) is 18.2 Å². The summed E-state index contributed by atoms with van der Waals surface area (Å²) < 4.78 is 5.40. The molecule has 0 aliphatic rings. The lowest BCUT2D eigenvalue weighted by molar-refractivity contribution is 0.0689. The van der Waals surface area contributed by atoms with Crippen molar-refractivity contribution >= 4 is 34.9 Å². The number of pyridine rings is 1. The van der Waals surface area contributed by atoms with Crippen LogP contribution >= 0.6 is 23.2 Å². The van der Waals surface area contributed by atoms with Crippen molar-refractivity contribution in [1.29, 1.82) is 0 Å². The molecule has 0 fully saturated rings. The summed E-state index contributed by atoms with van der Waals surface area (Å²) in [6.45, 7) is 0. The molecule has 5 nitrogen and oxygen atoms in total. The number of hydrogen-bond acceptors (Lipinski definition) is 4. The third-order valence-corrected chi connectivity index (χ3v) is 2.76. The van der Waals surface area contributed by atoms with Crippen molar-refractivity contribution in [3.05, 3.63) is 46.1 Å². The van der Waals surface area contributed by atoms with Crippen LogP contribution < -0.4 is 10.5 Å². The minimum Gasteiger partial charge on any atom is -0.477 e. The number of benzene rings is 1. The van der Waals surface area contributed by atoms with Gasteiger partial charge in [0.15, 0.2) is 5.69 Å². The summed E-state index contributed by atoms with van der Waals surface area (Å²) >= 11 is 11.8. The van der Waals surface area contributed by atoms with Gasteiger partial charge in [0.2, 0.25) is 5.88 Å². The van der Waals surface area contributed by atoms with E-state index in [2.05, 4.69) is 4.98 Å². The fraction of sp³-hybridized carbons (Fsp3) is 0. The van der Waals surface area contributed by atoms with Gasteiger partial charge in [-0.25, -0.2) is 9.78 Å². The summed E-state index contributed by atoms with van der Waals surface area (Å²) in [5, 5.41) is 9.59. The molecule has 0 aliphatic heterocycles. The van der Waals surface area contributed by atoms with Gasteiger partial charge in [0, 0.05) is 11.1 Å². The highest BCUT2D eigenvalue weighted by Crippen LogP contribution is 2.33. The quantitative estimate of drug-likeness (QED) is 0.906. The molecule has 0 atom stereocenters. The first kappa shape index (κ1) is 13.5. The molecule has 3 N–H and O–H groups in total. The molecular formula is C12H8Cl2N2O3. The Morgan fingerprint density at radius 2 is 2.00 bits per heavy atom. The molecule has 2 aromatic rings. The number of halogens is 2. The monoisotopic (exact) mass is 298 g/mol. The molecule has 1 aromatic carbocycles. The van der Waals surface area contributed by atoms with Crippen molar-refractivity contribution in [2.24, 2.45) is 0 Å². The zero-order valence-electron chi connectivity index (χ0n) is 9.43. The zero-order chi connectivity index (χ0) is 14.0. The van der Waals surface area contributed by atoms with Gasteiger partial charge in [-0.1, -0.05) is 23.2 Å². The fourth-order valence-electron chi connectivity index (χ4n) is 1.31. The number of rotatable bonds is 3. The first-order valence-electron chi connectivity index (χ1n) is 5.10. The minimum absolute atomic E-state index is 0.0379. The molecule has 1 heterocycles. The average molecular weight is 299 g/mol. The van der Waals surface area contributed by atoms with Crippen LogP contribution in [0.2, 0.25) is 10.0 Å². The lowest BCUT2D eigenvalue weighted by Gasteiger charge is -2.09. The number of nitrogens with two attached hydrogens (primary N) is 1. The van der Waals surface area contributed by atoms with Crippen LogP contribution in [0.3, 0.4) is 0 Å². The Morgan fingerprint density at radius 3 is 2.68 bits per heavy atom. The van der Waals surface area contributed by atoms with E-state index < -0.39 is 5.97 Å². The smallest absolute Gasteiger partial charge is 0.354 e. The topological polar surface area (TPSA) is 85.4 Å². The molecule has 1 aromatic heterocycles. The highest BCUT2D eigenvalue weighted by Gasteiger charge is 2.12. The molecule has 0 bridgehead atoms. The maximum Gasteiger partial charge on any atom is 0.354 e. The number of aromatic carboxylic acids is 1. The van der Waals surface area contributed by atoms with Gasteiger partial charge < -0.3 is 15.6 Å². The molecule has 0 aliphatic carbocycles. The molecular weight excluding hydrogens is 291 g/mol. The summed E-state index contributed by atoms with van der Waals surface area (Å²) in [7, 11) is 0. The van der Waals surface area contributed by atoms with Gasteiger partial charge in [-0.2, -0.15) is 0 Å². The molecule has 0 saturated heterocycles. The lowest BCUT2D eigenvalue weighted by atomic mass is 10.3. The van der Waals surface area contributed by atoms with Gasteiger partial charge in [0.25, 0.3) is 0 Å². The summed E-state index contributed by atoms with van der Waals surface area (Å²) in [6.07, 6.45) is 0. The van der Waals surface area contributed by atoms with Gasteiger partial charge in [-0.3, -0.25) is 0 Å². The van der Waals surface area contributed by atoms with Crippen molar-refractivity contribution in [3.8, 4) is 11.6 Å². The maximum absolute atomic E-state index is 10.8. The van der Waals surface area contributed by atoms with E-state index in [4.69, 9.17) is 38.8 Å². The van der Waals surface area contributed by atoms with Crippen LogP contribution in [-0.2, 0) is 0 Å². The second kappa shape index (κ2) is 5.34. The van der Waals surface area contributed by atoms with Crippen LogP contribution in [0.4, 0.5) is 5.69 Å². The van der Waals surface area contributed by atoms with Gasteiger partial charge >= 0.3 is 5.97 Å². The Kier molecular flexibility index (Phi) is 3.78. The number of carboxylic acid groups (broad SMARTS) is 1. The number of nitrogens with zero attached hydrogens (tertiary/aromatic N) is 1. The van der Waals surface area contributed by atoms with Crippen LogP contribution in [0.15, 0.2) is 30.3 Å². The Labute approximate surface area is 118 Å². The normalized spacial score (nSPS) is 10.2. The van der Waals surface area contributed by atoms with E-state index in [1.807, 2.05) is 0 Å². The number of hydrogen-bond donors (Lipinski definition) is 2. The standard InChI is InChI=1S/C12H8Cl2N2O3/c13-6-1-2-7(14)10(5-6)19-11-8(15)3-4-9(16-11)12(17)18/h1-5H,15H2,(H,17,18). The number of anilines is 1. The van der Waals surface area contributed by atoms with Gasteiger partial charge in [0.05, 0.1) is 10.7 Å². The molecule has 0 radical (unpaired) electrons. The molecule has 2 rings (SSSR count). The van der Waals surface area contributed by atoms with Crippen molar-refractivity contribution < 1.29 is 14.6 Å². The second-order valence-electron chi connectivity index (χ2n) is 3.57. The number of carboxylic acids is 1. The van der Waals surface area contributed by atoms with Crippen LogP contribution in [0.25, 0.3) is 0 Å². The number of nitrogen functional groups attached to an aromatic ring is 1. The van der Waals surface area contributed by atoms with Crippen molar-refractivity contribution in [2.45, 2.75) is 0 Å².